The van der Waals surface area contributed by atoms with E-state index in [1.807, 2.05) is 0 Å². The van der Waals surface area contributed by atoms with Gasteiger partial charge in [0.05, 0.1) is 12.6 Å². The first-order chi connectivity index (χ1) is 7.56. The van der Waals surface area contributed by atoms with Gasteiger partial charge in [-0.3, -0.25) is 0 Å². The summed E-state index contributed by atoms with van der Waals surface area (Å²) in [6, 6.07) is 3.96. The summed E-state index contributed by atoms with van der Waals surface area (Å²) in [5.74, 6) is -1.55. The summed E-state index contributed by atoms with van der Waals surface area (Å²) in [6.45, 7) is 1.65. The number of ether oxygens (including phenoxy) is 1. The Morgan fingerprint density at radius 2 is 2.18 bits per heavy atom. The van der Waals surface area contributed by atoms with Gasteiger partial charge in [-0.05, 0) is 24.6 Å². The molecule has 1 aromatic carbocycles. The van der Waals surface area contributed by atoms with Crippen molar-refractivity contribution < 1.29 is 18.3 Å². The Morgan fingerprint density at radius 3 is 2.71 bits per heavy atom. The van der Waals surface area contributed by atoms with Crippen LogP contribution >= 0.6 is 12.4 Å². The van der Waals surface area contributed by atoms with E-state index in [0.717, 1.165) is 6.07 Å². The number of hydrogen-bond acceptors (Lipinski definition) is 3. The number of alkyl halides is 1. The highest BCUT2D eigenvalue weighted by molar-refractivity contribution is 5.85. The average Bonchev–Trinajstić information content (AvgIpc) is 2.27. The summed E-state index contributed by atoms with van der Waals surface area (Å²) >= 11 is 0. The molecule has 0 bridgehead atoms. The van der Waals surface area contributed by atoms with Crippen LogP contribution in [0, 0.1) is 5.82 Å². The Morgan fingerprint density at radius 1 is 1.53 bits per heavy atom. The summed E-state index contributed by atoms with van der Waals surface area (Å²) in [5.41, 5.74) is 5.72. The maximum atomic E-state index is 13.5. The first-order valence-corrected chi connectivity index (χ1v) is 4.88. The molecule has 0 aliphatic heterocycles. The average molecular weight is 266 g/mol. The molecule has 0 saturated carbocycles. The summed E-state index contributed by atoms with van der Waals surface area (Å²) in [5, 5.41) is 0. The van der Waals surface area contributed by atoms with Gasteiger partial charge in [-0.25, -0.2) is 13.6 Å². The van der Waals surface area contributed by atoms with Crippen LogP contribution in [0.2, 0.25) is 0 Å². The fourth-order valence-electron chi connectivity index (χ4n) is 1.25. The third-order valence-corrected chi connectivity index (χ3v) is 2.06. The molecule has 0 aromatic heterocycles. The van der Waals surface area contributed by atoms with Crippen LogP contribution in [0.15, 0.2) is 24.3 Å². The lowest BCUT2D eigenvalue weighted by atomic mass is 10.0. The molecule has 2 atom stereocenters. The van der Waals surface area contributed by atoms with Gasteiger partial charge >= 0.3 is 5.97 Å². The molecule has 1 aromatic rings. The van der Waals surface area contributed by atoms with E-state index < -0.39 is 24.0 Å². The molecule has 0 spiro atoms. The van der Waals surface area contributed by atoms with Gasteiger partial charge in [0.1, 0.15) is 5.82 Å². The first kappa shape index (κ1) is 15.8. The number of carbonyl (C=O) groups excluding carboxylic acids is 1. The van der Waals surface area contributed by atoms with Crippen LogP contribution < -0.4 is 5.73 Å². The summed E-state index contributed by atoms with van der Waals surface area (Å²) in [6.07, 6.45) is -1.98. The van der Waals surface area contributed by atoms with Crippen LogP contribution in [0.25, 0.3) is 0 Å². The van der Waals surface area contributed by atoms with Crippen LogP contribution in [0.5, 0.6) is 0 Å². The molecule has 2 N–H and O–H groups in total. The van der Waals surface area contributed by atoms with E-state index in [2.05, 4.69) is 4.74 Å². The molecule has 96 valence electrons. The van der Waals surface area contributed by atoms with Crippen LogP contribution in [-0.4, -0.2) is 18.7 Å². The van der Waals surface area contributed by atoms with Crippen molar-refractivity contribution in [3.63, 3.8) is 0 Å². The Kier molecular flexibility index (Phi) is 6.68. The minimum atomic E-state index is -1.98. The molecule has 1 unspecified atom stereocenters. The van der Waals surface area contributed by atoms with Crippen LogP contribution in [0.3, 0.4) is 0 Å². The molecule has 17 heavy (non-hydrogen) atoms. The minimum absolute atomic E-state index is 0. The van der Waals surface area contributed by atoms with Gasteiger partial charge in [0, 0.05) is 0 Å². The van der Waals surface area contributed by atoms with E-state index in [9.17, 15) is 13.6 Å². The second kappa shape index (κ2) is 7.19. The first-order valence-electron chi connectivity index (χ1n) is 4.88. The van der Waals surface area contributed by atoms with Crippen molar-refractivity contribution in [2.24, 2.45) is 5.73 Å². The smallest absolute Gasteiger partial charge is 0.342 e. The molecule has 1 rings (SSSR count). The Balaban J connectivity index is 0.00000256. The molecule has 0 aliphatic rings. The van der Waals surface area contributed by atoms with Gasteiger partial charge in [-0.1, -0.05) is 12.1 Å². The second-order valence-corrected chi connectivity index (χ2v) is 3.23. The molecule has 6 heteroatoms. The van der Waals surface area contributed by atoms with Gasteiger partial charge in [-0.2, -0.15) is 0 Å². The van der Waals surface area contributed by atoms with Crippen molar-refractivity contribution in [1.29, 1.82) is 0 Å². The lowest BCUT2D eigenvalue weighted by molar-refractivity contribution is -0.149. The summed E-state index contributed by atoms with van der Waals surface area (Å²) in [4.78, 5) is 11.1. The minimum Gasteiger partial charge on any atom is -0.464 e. The zero-order valence-corrected chi connectivity index (χ0v) is 10.0. The highest BCUT2D eigenvalue weighted by atomic mass is 35.5. The molecule has 3 nitrogen and oxygen atoms in total. The number of esters is 1. The summed E-state index contributed by atoms with van der Waals surface area (Å²) in [7, 11) is 0. The Labute approximate surface area is 104 Å². The standard InChI is InChI=1S/C11H13F2NO2.ClH/c1-2-16-11(15)9(13)10(14)7-4-3-5-8(12)6-7;/h3-6,9-10H,2,14H2,1H3;1H/t9?,10-;/m0./s1. The molecule has 0 fully saturated rings. The van der Waals surface area contributed by atoms with E-state index >= 15 is 0 Å². The summed E-state index contributed by atoms with van der Waals surface area (Å²) < 4.78 is 30.8. The monoisotopic (exact) mass is 265 g/mol. The highest BCUT2D eigenvalue weighted by Crippen LogP contribution is 2.18. The normalized spacial score (nSPS) is 13.4. The Hall–Kier alpha value is -1.20. The molecular formula is C11H14ClF2NO2. The number of benzene rings is 1. The zero-order valence-electron chi connectivity index (χ0n) is 9.23. The van der Waals surface area contributed by atoms with Crippen LogP contribution in [-0.2, 0) is 9.53 Å². The SMILES string of the molecule is CCOC(=O)C(F)[C@@H](N)c1cccc(F)c1.Cl. The van der Waals surface area contributed by atoms with Gasteiger partial charge in [-0.15, -0.1) is 12.4 Å². The van der Waals surface area contributed by atoms with Crippen molar-refractivity contribution in [3.8, 4) is 0 Å². The predicted octanol–water partition coefficient (Wildman–Crippen LogP) is 2.15. The third kappa shape index (κ3) is 4.28. The van der Waals surface area contributed by atoms with Crippen molar-refractivity contribution in [2.45, 2.75) is 19.1 Å². The van der Waals surface area contributed by atoms with Crippen molar-refractivity contribution >= 4 is 18.4 Å². The topological polar surface area (TPSA) is 52.3 Å². The predicted molar refractivity (Wildman–Crippen MR) is 62.1 cm³/mol. The van der Waals surface area contributed by atoms with Crippen molar-refractivity contribution in [3.05, 3.63) is 35.6 Å². The van der Waals surface area contributed by atoms with Gasteiger partial charge < -0.3 is 10.5 Å². The molecule has 0 aliphatic carbocycles. The second-order valence-electron chi connectivity index (χ2n) is 3.23. The van der Waals surface area contributed by atoms with Gasteiger partial charge in [0.2, 0.25) is 6.17 Å². The maximum Gasteiger partial charge on any atom is 0.342 e. The van der Waals surface area contributed by atoms with Gasteiger partial charge in [0.15, 0.2) is 0 Å². The Bertz CT molecular complexity index is 376. The van der Waals surface area contributed by atoms with Gasteiger partial charge in [0.25, 0.3) is 0 Å². The number of halogens is 3. The third-order valence-electron chi connectivity index (χ3n) is 2.06. The molecule has 0 saturated heterocycles. The molecule has 0 heterocycles. The van der Waals surface area contributed by atoms with Crippen molar-refractivity contribution in [2.75, 3.05) is 6.61 Å². The van der Waals surface area contributed by atoms with E-state index in [1.54, 1.807) is 6.92 Å². The zero-order chi connectivity index (χ0) is 12.1. The largest absolute Gasteiger partial charge is 0.464 e. The van der Waals surface area contributed by atoms with E-state index in [0.29, 0.717) is 0 Å². The van der Waals surface area contributed by atoms with Crippen LogP contribution in [0.4, 0.5) is 8.78 Å². The quantitative estimate of drug-likeness (QED) is 0.849. The lowest BCUT2D eigenvalue weighted by Crippen LogP contribution is -2.31. The number of carbonyl (C=O) groups is 1. The molecular weight excluding hydrogens is 252 g/mol. The fourth-order valence-corrected chi connectivity index (χ4v) is 1.25. The van der Waals surface area contributed by atoms with Crippen molar-refractivity contribution in [1.82, 2.24) is 0 Å². The van der Waals surface area contributed by atoms with E-state index in [1.165, 1.54) is 18.2 Å². The van der Waals surface area contributed by atoms with E-state index in [-0.39, 0.29) is 24.6 Å². The van der Waals surface area contributed by atoms with E-state index in [4.69, 9.17) is 5.73 Å². The highest BCUT2D eigenvalue weighted by Gasteiger charge is 2.27. The maximum absolute atomic E-state index is 13.5. The number of rotatable bonds is 4. The molecule has 0 radical (unpaired) electrons. The number of nitrogens with two attached hydrogens (primary N) is 1. The molecule has 0 amide bonds. The fraction of sp³-hybridized carbons (Fsp3) is 0.364. The lowest BCUT2D eigenvalue weighted by Gasteiger charge is -2.15. The van der Waals surface area contributed by atoms with Crippen LogP contribution in [0.1, 0.15) is 18.5 Å². The number of hydrogen-bond donors (Lipinski definition) is 1.